The molecule has 1 aromatic heterocycles. The normalized spacial score (nSPS) is 19.4. The molecule has 1 atom stereocenters. The van der Waals surface area contributed by atoms with E-state index >= 15 is 0 Å². The molecule has 1 aromatic carbocycles. The van der Waals surface area contributed by atoms with Gasteiger partial charge in [0, 0.05) is 35.7 Å². The molecule has 0 saturated heterocycles. The van der Waals surface area contributed by atoms with Gasteiger partial charge in [-0.15, -0.1) is 0 Å². The number of cyclic esters (lactones) is 1. The Morgan fingerprint density at radius 1 is 1.44 bits per heavy atom. The second-order valence-corrected chi connectivity index (χ2v) is 8.19. The highest BCUT2D eigenvalue weighted by molar-refractivity contribution is 5.91. The first-order chi connectivity index (χ1) is 15.3. The summed E-state index contributed by atoms with van der Waals surface area (Å²) in [6.45, 7) is 8.85. The number of carbonyl (C=O) groups excluding carboxylic acids is 2. The summed E-state index contributed by atoms with van der Waals surface area (Å²) in [7, 11) is 1.92. The van der Waals surface area contributed by atoms with Gasteiger partial charge in [-0.1, -0.05) is 13.5 Å². The molecule has 166 valence electrons. The summed E-state index contributed by atoms with van der Waals surface area (Å²) >= 11 is 0. The number of aromatic nitrogens is 1. The lowest BCUT2D eigenvalue weighted by molar-refractivity contribution is -0.151. The van der Waals surface area contributed by atoms with E-state index < -0.39 is 12.1 Å². The molecule has 0 radical (unpaired) electrons. The predicted octanol–water partition coefficient (Wildman–Crippen LogP) is 2.95. The highest BCUT2D eigenvalue weighted by Crippen LogP contribution is 2.38. The number of esters is 1. The largest absolute Gasteiger partial charge is 0.489 e. The van der Waals surface area contributed by atoms with Crippen LogP contribution in [-0.4, -0.2) is 53.6 Å². The van der Waals surface area contributed by atoms with E-state index in [1.165, 1.54) is 5.56 Å². The summed E-state index contributed by atoms with van der Waals surface area (Å²) in [5.41, 5.74) is 6.09. The Balaban J connectivity index is 1.85. The van der Waals surface area contributed by atoms with E-state index in [1.54, 1.807) is 6.08 Å². The molecule has 1 unspecified atom stereocenters. The molecule has 3 heterocycles. The molecule has 2 aliphatic rings. The van der Waals surface area contributed by atoms with Gasteiger partial charge in [-0.3, -0.25) is 4.79 Å². The third-order valence-corrected chi connectivity index (χ3v) is 5.76. The molecular formula is C25H26N2O5. The van der Waals surface area contributed by atoms with Crippen molar-refractivity contribution in [3.63, 3.8) is 0 Å². The van der Waals surface area contributed by atoms with Crippen molar-refractivity contribution in [2.45, 2.75) is 32.9 Å². The Kier molecular flexibility index (Phi) is 5.84. The lowest BCUT2D eigenvalue weighted by Gasteiger charge is -2.21. The van der Waals surface area contributed by atoms with Crippen LogP contribution in [0.2, 0.25) is 0 Å². The minimum Gasteiger partial charge on any atom is -0.489 e. The Hall–Kier alpha value is -3.45. The Morgan fingerprint density at radius 3 is 2.91 bits per heavy atom. The fraction of sp³-hybridized carbons (Fsp3) is 0.320. The summed E-state index contributed by atoms with van der Waals surface area (Å²) in [6.07, 6.45) is 1.62. The molecular weight excluding hydrogens is 408 g/mol. The third kappa shape index (κ3) is 3.80. The molecule has 0 amide bonds. The zero-order valence-electron chi connectivity index (χ0n) is 18.5. The second kappa shape index (κ2) is 8.59. The molecule has 7 heteroatoms. The number of carbonyl (C=O) groups is 2. The topological polar surface area (TPSA) is 89.0 Å². The van der Waals surface area contributed by atoms with Crippen LogP contribution < -0.4 is 4.74 Å². The van der Waals surface area contributed by atoms with E-state index in [2.05, 4.69) is 13.5 Å². The summed E-state index contributed by atoms with van der Waals surface area (Å²) in [4.78, 5) is 30.3. The Morgan fingerprint density at radius 2 is 2.22 bits per heavy atom. The Labute approximate surface area is 186 Å². The number of aryl methyl sites for hydroxylation is 1. The van der Waals surface area contributed by atoms with Crippen molar-refractivity contribution in [2.24, 2.45) is 0 Å². The van der Waals surface area contributed by atoms with Crippen molar-refractivity contribution in [1.82, 2.24) is 9.88 Å². The molecule has 2 aliphatic heterocycles. The van der Waals surface area contributed by atoms with Crippen molar-refractivity contribution in [3.8, 4) is 5.75 Å². The quantitative estimate of drug-likeness (QED) is 0.425. The standard InChI is InChI=1S/C25H26N2O5/c1-5-17-19-8-16(31-12-14(2)3)6-7-21(19)26-23-20(17)10-27(4)22(23)9-18-15(11-28)13-32-25(30)24(18)29/h6-9,11,24,29H,2,5,10,12-13H2,1,3-4H3/b22-9-. The molecule has 0 spiro atoms. The van der Waals surface area contributed by atoms with Gasteiger partial charge >= 0.3 is 5.97 Å². The van der Waals surface area contributed by atoms with Gasteiger partial charge in [0.25, 0.3) is 0 Å². The summed E-state index contributed by atoms with van der Waals surface area (Å²) in [5, 5.41) is 11.4. The minimum atomic E-state index is -1.49. The first-order valence-electron chi connectivity index (χ1n) is 10.5. The van der Waals surface area contributed by atoms with Crippen LogP contribution in [0, 0.1) is 0 Å². The van der Waals surface area contributed by atoms with Gasteiger partial charge in [-0.05, 0) is 48.8 Å². The number of rotatable bonds is 6. The Bertz CT molecular complexity index is 1190. The smallest absolute Gasteiger partial charge is 0.340 e. The SMILES string of the molecule is C=C(C)COc1ccc2nc3c(c(CC)c2c1)CN(C)/C3=C\C1=C(C=O)COC(=O)C1O. The van der Waals surface area contributed by atoms with E-state index in [1.807, 2.05) is 37.1 Å². The number of aldehydes is 1. The van der Waals surface area contributed by atoms with Crippen molar-refractivity contribution in [2.75, 3.05) is 20.3 Å². The highest BCUT2D eigenvalue weighted by atomic mass is 16.5. The molecule has 0 fully saturated rings. The number of aliphatic hydroxyl groups excluding tert-OH is 1. The maximum Gasteiger partial charge on any atom is 0.340 e. The molecule has 1 N–H and O–H groups in total. The average Bonchev–Trinajstić information content (AvgIpc) is 3.08. The van der Waals surface area contributed by atoms with Gasteiger partial charge in [0.15, 0.2) is 6.10 Å². The van der Waals surface area contributed by atoms with Gasteiger partial charge in [0.05, 0.1) is 16.9 Å². The van der Waals surface area contributed by atoms with E-state index in [0.29, 0.717) is 19.4 Å². The van der Waals surface area contributed by atoms with Crippen molar-refractivity contribution in [3.05, 3.63) is 64.4 Å². The summed E-state index contributed by atoms with van der Waals surface area (Å²) in [5.74, 6) is 0.00928. The maximum atomic E-state index is 11.9. The van der Waals surface area contributed by atoms with Crippen molar-refractivity contribution in [1.29, 1.82) is 0 Å². The van der Waals surface area contributed by atoms with Crippen LogP contribution in [0.3, 0.4) is 0 Å². The van der Waals surface area contributed by atoms with Crippen LogP contribution in [0.25, 0.3) is 16.6 Å². The van der Waals surface area contributed by atoms with Gasteiger partial charge in [0.2, 0.25) is 0 Å². The van der Waals surface area contributed by atoms with E-state index in [4.69, 9.17) is 14.5 Å². The monoisotopic (exact) mass is 434 g/mol. The van der Waals surface area contributed by atoms with Crippen LogP contribution in [0.4, 0.5) is 0 Å². The van der Waals surface area contributed by atoms with Gasteiger partial charge in [-0.25, -0.2) is 9.78 Å². The lowest BCUT2D eigenvalue weighted by atomic mass is 9.97. The lowest BCUT2D eigenvalue weighted by Crippen LogP contribution is -2.32. The van der Waals surface area contributed by atoms with Gasteiger partial charge in [0.1, 0.15) is 25.2 Å². The molecule has 4 rings (SSSR count). The maximum absolute atomic E-state index is 11.9. The first-order valence-corrected chi connectivity index (χ1v) is 10.5. The number of hydrogen-bond donors (Lipinski definition) is 1. The molecule has 7 nitrogen and oxygen atoms in total. The number of ether oxygens (including phenoxy) is 2. The van der Waals surface area contributed by atoms with Crippen LogP contribution in [0.5, 0.6) is 5.75 Å². The summed E-state index contributed by atoms with van der Waals surface area (Å²) < 4.78 is 10.7. The first kappa shape index (κ1) is 21.8. The summed E-state index contributed by atoms with van der Waals surface area (Å²) in [6, 6.07) is 5.83. The second-order valence-electron chi connectivity index (χ2n) is 8.19. The zero-order valence-corrected chi connectivity index (χ0v) is 18.5. The van der Waals surface area contributed by atoms with Crippen molar-refractivity contribution < 1.29 is 24.2 Å². The molecule has 2 aromatic rings. The van der Waals surface area contributed by atoms with Crippen LogP contribution in [-0.2, 0) is 27.3 Å². The number of fused-ring (bicyclic) bond motifs is 2. The number of pyridine rings is 1. The fourth-order valence-corrected chi connectivity index (χ4v) is 4.15. The van der Waals surface area contributed by atoms with Gasteiger partial charge in [-0.2, -0.15) is 0 Å². The average molecular weight is 434 g/mol. The number of nitrogens with zero attached hydrogens (tertiary/aromatic N) is 2. The number of aliphatic hydroxyl groups is 1. The molecule has 0 aliphatic carbocycles. The zero-order chi connectivity index (χ0) is 23.0. The van der Waals surface area contributed by atoms with Gasteiger partial charge < -0.3 is 19.5 Å². The fourth-order valence-electron chi connectivity index (χ4n) is 4.15. The van der Waals surface area contributed by atoms with Crippen LogP contribution in [0.1, 0.15) is 30.7 Å². The molecule has 0 saturated carbocycles. The highest BCUT2D eigenvalue weighted by Gasteiger charge is 2.32. The van der Waals surface area contributed by atoms with Crippen LogP contribution >= 0.6 is 0 Å². The molecule has 32 heavy (non-hydrogen) atoms. The number of benzene rings is 1. The van der Waals surface area contributed by atoms with Crippen LogP contribution in [0.15, 0.2) is 47.6 Å². The third-order valence-electron chi connectivity index (χ3n) is 5.76. The predicted molar refractivity (Wildman–Crippen MR) is 121 cm³/mol. The van der Waals surface area contributed by atoms with Crippen molar-refractivity contribution >= 4 is 28.9 Å². The van der Waals surface area contributed by atoms with E-state index in [0.717, 1.165) is 45.6 Å². The van der Waals surface area contributed by atoms with E-state index in [9.17, 15) is 14.7 Å². The molecule has 0 bridgehead atoms. The number of hydrogen-bond acceptors (Lipinski definition) is 7. The van der Waals surface area contributed by atoms with E-state index in [-0.39, 0.29) is 17.8 Å². The minimum absolute atomic E-state index is 0.145.